The van der Waals surface area contributed by atoms with Crippen LogP contribution < -0.4 is 36.7 Å². The molecule has 4 heterocycles. The average Bonchev–Trinajstić information content (AvgIpc) is 3.19. The summed E-state index contributed by atoms with van der Waals surface area (Å²) in [7, 11) is 6.21. The summed E-state index contributed by atoms with van der Waals surface area (Å²) in [6.45, 7) is 32.3. The van der Waals surface area contributed by atoms with Crippen molar-refractivity contribution in [3.63, 3.8) is 0 Å². The number of carbonyl (C=O) groups excluding carboxylic acids is 2. The third-order valence-electron chi connectivity index (χ3n) is 5.71. The van der Waals surface area contributed by atoms with E-state index in [1.807, 2.05) is 6.92 Å². The number of methoxy groups -OCH3 is 3. The Kier molecular flexibility index (Phi) is 25.6. The average molecular weight is 870 g/mol. The van der Waals surface area contributed by atoms with E-state index in [0.29, 0.717) is 29.8 Å². The normalized spacial score (nSPS) is 9.61. The summed E-state index contributed by atoms with van der Waals surface area (Å²) >= 11 is 5.46. The number of nitrogens with one attached hydrogen (secondary N) is 1. The number of carbonyl (C=O) groups is 2. The summed E-state index contributed by atoms with van der Waals surface area (Å²) in [6.07, 6.45) is 4.49. The predicted molar refractivity (Wildman–Crippen MR) is 228 cm³/mol. The van der Waals surface area contributed by atoms with Gasteiger partial charge in [-0.1, -0.05) is 45.7 Å². The molecule has 4 aromatic heterocycles. The second-order valence-electron chi connectivity index (χ2n) is 12.6. The Morgan fingerprint density at radius 2 is 1.15 bits per heavy atom. The summed E-state index contributed by atoms with van der Waals surface area (Å²) in [6, 6.07) is 0. The molecule has 0 aliphatic carbocycles. The van der Waals surface area contributed by atoms with Gasteiger partial charge < -0.3 is 65.5 Å². The minimum absolute atomic E-state index is 0. The maximum atomic E-state index is 11.0. The van der Waals surface area contributed by atoms with E-state index >= 15 is 0 Å². The maximum Gasteiger partial charge on any atom is 0.519 e. The van der Waals surface area contributed by atoms with Crippen LogP contribution in [0, 0.1) is 19.7 Å². The van der Waals surface area contributed by atoms with Gasteiger partial charge in [0.1, 0.15) is 28.9 Å². The second kappa shape index (κ2) is 28.1. The van der Waals surface area contributed by atoms with Crippen LogP contribution in [0.3, 0.4) is 0 Å². The Morgan fingerprint density at radius 1 is 0.705 bits per heavy atom. The molecule has 0 fully saturated rings. The summed E-state index contributed by atoms with van der Waals surface area (Å²) < 4.78 is 28.4. The highest BCUT2D eigenvalue weighted by Crippen LogP contribution is 2.23. The van der Waals surface area contributed by atoms with Crippen LogP contribution >= 0.6 is 11.6 Å². The van der Waals surface area contributed by atoms with Crippen molar-refractivity contribution in [2.24, 2.45) is 5.73 Å². The van der Waals surface area contributed by atoms with E-state index in [2.05, 4.69) is 64.5 Å². The first-order valence-electron chi connectivity index (χ1n) is 17.0. The van der Waals surface area contributed by atoms with E-state index in [4.69, 9.17) is 72.2 Å². The van der Waals surface area contributed by atoms with E-state index in [-0.39, 0.29) is 47.5 Å². The number of aromatic nitrogens is 8. The van der Waals surface area contributed by atoms with Crippen LogP contribution in [-0.4, -0.2) is 91.8 Å². The molecule has 0 radical (unpaired) electrons. The van der Waals surface area contributed by atoms with Crippen molar-refractivity contribution in [3.05, 3.63) is 75.6 Å². The Morgan fingerprint density at radius 3 is 1.54 bits per heavy atom. The van der Waals surface area contributed by atoms with Crippen molar-refractivity contribution in [2.45, 2.75) is 80.1 Å². The monoisotopic (exact) mass is 869 g/mol. The maximum absolute atomic E-state index is 11.0. The molecule has 0 unspecified atom stereocenters. The highest BCUT2D eigenvalue weighted by Gasteiger charge is 2.24. The molecule has 4 rings (SSSR count). The standard InChI is InChI=1S/C10H18O5.C8H9N3O.C7H12N4O.C6H6N4O.C5H3ClN4.CH4/c1-9(2,3)14-7(11)13-8(12)15-10(4,5)6;1-4-6-5-10-7(9-2)8(11-6)12-3;1-9-6-4-10-5(3-8)7(11-6)12-2;1-8-5-6(11-2)10-4(7)3-9-5;1-8-5-4(6)10-3(7)2-9-5;/h1-6H3;5H,4H2,1,3H3;4H,3,8H2,1-2H3,(H,9,11);3H,2H3,(H2,7,10);2H,(H2,7,10);1H4. The fourth-order valence-corrected chi connectivity index (χ4v) is 3.44. The molecule has 0 saturated heterocycles. The van der Waals surface area contributed by atoms with Crippen molar-refractivity contribution in [1.29, 1.82) is 0 Å². The minimum atomic E-state index is -1.06. The molecule has 0 aromatic carbocycles. The van der Waals surface area contributed by atoms with Crippen LogP contribution in [0.2, 0.25) is 5.15 Å². The molecule has 0 saturated carbocycles. The first-order chi connectivity index (χ1) is 28.1. The lowest BCUT2D eigenvalue weighted by Crippen LogP contribution is -2.29. The Balaban J connectivity index is 0. The highest BCUT2D eigenvalue weighted by molar-refractivity contribution is 6.31. The van der Waals surface area contributed by atoms with Gasteiger partial charge in [-0.25, -0.2) is 24.5 Å². The van der Waals surface area contributed by atoms with Gasteiger partial charge in [-0.2, -0.15) is 4.98 Å². The summed E-state index contributed by atoms with van der Waals surface area (Å²) in [5.74, 6) is 2.51. The van der Waals surface area contributed by atoms with Crippen LogP contribution in [0.4, 0.5) is 44.5 Å². The lowest BCUT2D eigenvalue weighted by atomic mass is 10.2. The molecule has 23 nitrogen and oxygen atoms in total. The number of nitrogens with zero attached hydrogens (tertiary/aromatic N) is 11. The molecule has 0 amide bonds. The summed E-state index contributed by atoms with van der Waals surface area (Å²) in [4.78, 5) is 62.1. The fourth-order valence-electron chi connectivity index (χ4n) is 3.25. The molecule has 0 spiro atoms. The zero-order valence-corrected chi connectivity index (χ0v) is 35.8. The molecule has 61 heavy (non-hydrogen) atoms. The third kappa shape index (κ3) is 22.9. The predicted octanol–water partition coefficient (Wildman–Crippen LogP) is 6.97. The van der Waals surface area contributed by atoms with Crippen molar-refractivity contribution in [1.82, 2.24) is 39.9 Å². The van der Waals surface area contributed by atoms with Crippen LogP contribution in [0.1, 0.15) is 67.3 Å². The Hall–Kier alpha value is -7.42. The second-order valence-corrected chi connectivity index (χ2v) is 13.0. The molecule has 0 atom stereocenters. The number of nitrogen functional groups attached to an aromatic ring is 2. The van der Waals surface area contributed by atoms with Crippen LogP contribution in [0.15, 0.2) is 24.8 Å². The first kappa shape index (κ1) is 55.7. The van der Waals surface area contributed by atoms with Gasteiger partial charge in [0, 0.05) is 13.6 Å². The quantitative estimate of drug-likeness (QED) is 0.0863. The van der Waals surface area contributed by atoms with Crippen LogP contribution in [0.25, 0.3) is 14.5 Å². The van der Waals surface area contributed by atoms with E-state index < -0.39 is 23.5 Å². The number of rotatable bonds is 6. The van der Waals surface area contributed by atoms with Gasteiger partial charge in [0.2, 0.25) is 17.6 Å². The molecular weight excluding hydrogens is 818 g/mol. The van der Waals surface area contributed by atoms with Gasteiger partial charge in [0.15, 0.2) is 29.2 Å². The van der Waals surface area contributed by atoms with Gasteiger partial charge in [0.25, 0.3) is 0 Å². The largest absolute Gasteiger partial charge is 0.519 e. The minimum Gasteiger partial charge on any atom is -0.488 e. The van der Waals surface area contributed by atoms with Gasteiger partial charge in [-0.05, 0) is 48.0 Å². The van der Waals surface area contributed by atoms with Crippen molar-refractivity contribution >= 4 is 58.8 Å². The smallest absolute Gasteiger partial charge is 0.488 e. The summed E-state index contributed by atoms with van der Waals surface area (Å²) in [5.41, 5.74) is 16.0. The molecule has 0 aliphatic heterocycles. The molecule has 330 valence electrons. The van der Waals surface area contributed by atoms with E-state index in [0.717, 1.165) is 12.1 Å². The number of halogens is 1. The molecule has 7 N–H and O–H groups in total. The molecule has 0 bridgehead atoms. The topological polar surface area (TPSA) is 296 Å². The molecule has 24 heteroatoms. The van der Waals surface area contributed by atoms with Crippen molar-refractivity contribution in [3.8, 4) is 17.6 Å². The summed E-state index contributed by atoms with van der Waals surface area (Å²) in [5, 5.41) is 2.91. The number of nitrogens with two attached hydrogens (primary N) is 3. The fraction of sp³-hybridized carbons (Fsp3) is 0.432. The van der Waals surface area contributed by atoms with Gasteiger partial charge >= 0.3 is 29.8 Å². The van der Waals surface area contributed by atoms with Crippen LogP contribution in [-0.2, 0) is 27.2 Å². The number of aryl methyl sites for hydroxylation is 1. The van der Waals surface area contributed by atoms with Gasteiger partial charge in [-0.3, -0.25) is 4.98 Å². The SMILES string of the molecule is C.CC(C)(C)OC(=O)OC(=O)OC(C)(C)C.CNc1cnc(CN)c(OC)n1.[C-]#[N+]c1ncc(CC)nc1OC.[C-]#[N+]c1ncc(N)nc1Cl.[C-]#[N+]c1ncc(N)nc1OC. The van der Waals surface area contributed by atoms with E-state index in [1.165, 1.54) is 26.6 Å². The molecule has 0 aliphatic rings. The molecule has 4 aromatic rings. The Labute approximate surface area is 360 Å². The number of anilines is 3. The van der Waals surface area contributed by atoms with Crippen molar-refractivity contribution < 1.29 is 38.0 Å². The lowest BCUT2D eigenvalue weighted by Gasteiger charge is -2.20. The number of hydrogen-bond donors (Lipinski definition) is 4. The van der Waals surface area contributed by atoms with E-state index in [1.54, 1.807) is 68.1 Å². The zero-order chi connectivity index (χ0) is 46.1. The number of hydrogen-bond acceptors (Lipinski definition) is 20. The van der Waals surface area contributed by atoms with Gasteiger partial charge in [-0.15, -0.1) is 15.0 Å². The zero-order valence-electron chi connectivity index (χ0n) is 35.0. The highest BCUT2D eigenvalue weighted by atomic mass is 35.5. The van der Waals surface area contributed by atoms with Crippen molar-refractivity contribution in [2.75, 3.05) is 45.2 Å². The van der Waals surface area contributed by atoms with Gasteiger partial charge in [0.05, 0.1) is 33.2 Å². The third-order valence-corrected chi connectivity index (χ3v) is 5.96. The first-order valence-corrected chi connectivity index (χ1v) is 17.4. The van der Waals surface area contributed by atoms with Crippen LogP contribution in [0.5, 0.6) is 17.6 Å². The number of ether oxygens (including phenoxy) is 6. The lowest BCUT2D eigenvalue weighted by molar-refractivity contribution is -0.0293. The Bertz CT molecular complexity index is 2100. The molecular formula is C37H52ClN15O8. The van der Waals surface area contributed by atoms with E-state index in [9.17, 15) is 9.59 Å².